The topological polar surface area (TPSA) is 9.86 Å². The third kappa shape index (κ3) is 3.07. The van der Waals surface area contributed by atoms with E-state index in [1.807, 2.05) is 68.0 Å². The summed E-state index contributed by atoms with van der Waals surface area (Å²) in [6.07, 6.45) is 0. The minimum Gasteiger partial charge on any atom is -0.306 e. The Morgan fingerprint density at radius 1 is 0.381 bits per heavy atom. The van der Waals surface area contributed by atoms with Crippen LogP contribution in [0.3, 0.4) is 0 Å². The maximum absolute atomic E-state index is 2.53. The summed E-state index contributed by atoms with van der Waals surface area (Å²) >= 11 is 11.9. The highest BCUT2D eigenvalue weighted by Crippen LogP contribution is 2.57. The van der Waals surface area contributed by atoms with Crippen molar-refractivity contribution in [1.29, 1.82) is 0 Å². The molecule has 0 spiro atoms. The molecule has 8 heteroatoms. The number of hydrogen-bond donors (Lipinski definition) is 0. The van der Waals surface area contributed by atoms with Gasteiger partial charge in [0.25, 0.3) is 0 Å². The summed E-state index contributed by atoms with van der Waals surface area (Å²) < 4.78 is 19.5. The molecule has 0 amide bonds. The van der Waals surface area contributed by atoms with Crippen LogP contribution < -0.4 is 0 Å². The quantitative estimate of drug-likeness (QED) is 0.176. The lowest BCUT2D eigenvalue weighted by molar-refractivity contribution is 1.18. The molecule has 0 aliphatic rings. The Labute approximate surface area is 264 Å². The van der Waals surface area contributed by atoms with E-state index in [2.05, 4.69) is 97.5 Å². The summed E-state index contributed by atoms with van der Waals surface area (Å²) in [4.78, 5) is 2.74. The van der Waals surface area contributed by atoms with E-state index in [1.165, 1.54) is 101 Å². The molecule has 0 atom stereocenters. The van der Waals surface area contributed by atoms with Crippen LogP contribution in [-0.2, 0) is 0 Å². The maximum Gasteiger partial charge on any atom is 0.0838 e. The minimum absolute atomic E-state index is 1.25. The predicted molar refractivity (Wildman–Crippen MR) is 194 cm³/mol. The Morgan fingerprint density at radius 3 is 1.10 bits per heavy atom. The molecule has 2 aromatic carbocycles. The number of fused-ring (bicyclic) bond motifs is 13. The van der Waals surface area contributed by atoms with Gasteiger partial charge in [0.15, 0.2) is 0 Å². The lowest BCUT2D eigenvalue weighted by Crippen LogP contribution is -1.92. The van der Waals surface area contributed by atoms with E-state index >= 15 is 0 Å². The van der Waals surface area contributed by atoms with Crippen LogP contribution in [-0.4, -0.2) is 9.13 Å². The highest BCUT2D eigenvalue weighted by atomic mass is 32.1. The summed E-state index contributed by atoms with van der Waals surface area (Å²) in [6.45, 7) is 8.80. The highest BCUT2D eigenvalue weighted by molar-refractivity contribution is 7.48. The van der Waals surface area contributed by atoms with Gasteiger partial charge in [-0.2, -0.15) is 0 Å². The monoisotopic (exact) mass is 650 g/mol. The number of rotatable bonds is 2. The fourth-order valence-corrected chi connectivity index (χ4v) is 14.8. The second kappa shape index (κ2) is 8.34. The first-order valence-corrected chi connectivity index (χ1v) is 18.7. The van der Waals surface area contributed by atoms with Crippen molar-refractivity contribution in [2.45, 2.75) is 27.7 Å². The number of thiophene rings is 6. The van der Waals surface area contributed by atoms with Gasteiger partial charge in [0.05, 0.1) is 69.1 Å². The van der Waals surface area contributed by atoms with Crippen LogP contribution in [0.2, 0.25) is 0 Å². The summed E-state index contributed by atoms with van der Waals surface area (Å²) in [6, 6.07) is 22.8. The van der Waals surface area contributed by atoms with E-state index in [1.54, 1.807) is 0 Å². The number of aromatic nitrogens is 2. The maximum atomic E-state index is 2.53. The lowest BCUT2D eigenvalue weighted by Gasteiger charge is -2.07. The summed E-state index contributed by atoms with van der Waals surface area (Å²) in [5.74, 6) is 0. The van der Waals surface area contributed by atoms with Gasteiger partial charge in [-0.1, -0.05) is 35.4 Å². The van der Waals surface area contributed by atoms with Crippen molar-refractivity contribution in [2.75, 3.05) is 0 Å². The third-order valence-electron chi connectivity index (χ3n) is 8.31. The Morgan fingerprint density at radius 2 is 0.714 bits per heavy atom. The molecule has 8 heterocycles. The van der Waals surface area contributed by atoms with E-state index < -0.39 is 0 Å². The molecule has 0 saturated carbocycles. The zero-order valence-electron chi connectivity index (χ0n) is 23.1. The normalized spacial score (nSPS) is 12.8. The largest absolute Gasteiger partial charge is 0.306 e. The average molecular weight is 651 g/mol. The van der Waals surface area contributed by atoms with Crippen molar-refractivity contribution in [3.8, 4) is 11.4 Å². The van der Waals surface area contributed by atoms with E-state index in [0.717, 1.165) is 0 Å². The molecule has 10 aromatic rings. The predicted octanol–water partition coefficient (Wildman–Crippen LogP) is 12.9. The van der Waals surface area contributed by atoms with Gasteiger partial charge in [-0.05, 0) is 64.1 Å². The zero-order chi connectivity index (χ0) is 28.0. The molecule has 8 aromatic heterocycles. The molecular formula is C34H22N2S6. The number of aryl methyl sites for hydroxylation is 4. The molecule has 42 heavy (non-hydrogen) atoms. The molecule has 0 bridgehead atoms. The van der Waals surface area contributed by atoms with E-state index in [-0.39, 0.29) is 0 Å². The molecule has 10 rings (SSSR count). The third-order valence-corrected chi connectivity index (χ3v) is 16.2. The molecule has 0 aliphatic carbocycles. The van der Waals surface area contributed by atoms with Gasteiger partial charge in [0, 0.05) is 21.1 Å². The fraction of sp³-hybridized carbons (Fsp3) is 0.118. The van der Waals surface area contributed by atoms with Gasteiger partial charge in [-0.25, -0.2) is 0 Å². The Kier molecular flexibility index (Phi) is 4.86. The van der Waals surface area contributed by atoms with Gasteiger partial charge < -0.3 is 9.13 Å². The van der Waals surface area contributed by atoms with Gasteiger partial charge in [0.2, 0.25) is 0 Å². The first-order valence-electron chi connectivity index (χ1n) is 13.8. The van der Waals surface area contributed by atoms with E-state index in [9.17, 15) is 0 Å². The molecule has 0 N–H and O–H groups in total. The molecule has 0 fully saturated rings. The van der Waals surface area contributed by atoms with Gasteiger partial charge >= 0.3 is 0 Å². The molecule has 0 saturated heterocycles. The summed E-state index contributed by atoms with van der Waals surface area (Å²) in [5.41, 5.74) is 10.6. The molecule has 0 unspecified atom stereocenters. The highest BCUT2D eigenvalue weighted by Gasteiger charge is 2.27. The average Bonchev–Trinajstić information content (AvgIpc) is 3.80. The molecule has 0 radical (unpaired) electrons. The molecule has 2 nitrogen and oxygen atoms in total. The van der Waals surface area contributed by atoms with Gasteiger partial charge in [-0.3, -0.25) is 0 Å². The van der Waals surface area contributed by atoms with E-state index in [4.69, 9.17) is 0 Å². The van der Waals surface area contributed by atoms with Crippen molar-refractivity contribution in [3.05, 3.63) is 81.5 Å². The summed E-state index contributed by atoms with van der Waals surface area (Å²) in [5, 5.41) is 0. The second-order valence-electron chi connectivity index (χ2n) is 11.2. The number of hydrogen-bond acceptors (Lipinski definition) is 6. The number of benzene rings is 2. The molecule has 204 valence electrons. The van der Waals surface area contributed by atoms with Crippen molar-refractivity contribution >= 4 is 137 Å². The molecular weight excluding hydrogens is 629 g/mol. The van der Waals surface area contributed by atoms with Crippen LogP contribution in [0, 0.1) is 27.7 Å². The summed E-state index contributed by atoms with van der Waals surface area (Å²) in [7, 11) is 0. The smallest absolute Gasteiger partial charge is 0.0838 e. The van der Waals surface area contributed by atoms with Gasteiger partial charge in [-0.15, -0.1) is 68.0 Å². The Bertz CT molecular complexity index is 2510. The fourth-order valence-electron chi connectivity index (χ4n) is 6.44. The van der Waals surface area contributed by atoms with Crippen molar-refractivity contribution in [2.24, 2.45) is 0 Å². The Balaban J connectivity index is 1.32. The van der Waals surface area contributed by atoms with Crippen molar-refractivity contribution in [1.82, 2.24) is 9.13 Å². The minimum atomic E-state index is 1.25. The standard InChI is InChI=1S/C34H22N2S6/c1-15-5-9-19(10-6-15)35-21-13-17(3)37-25(21)27-23(35)29-31(39-27)33-34(41-29)32-30(42-33)24-28(40-32)26-22(14-18(4)38-26)36(24)20-11-7-16(2)8-12-20/h5-14H,1-4H3. The van der Waals surface area contributed by atoms with Gasteiger partial charge in [0.1, 0.15) is 0 Å². The molecule has 0 aliphatic heterocycles. The van der Waals surface area contributed by atoms with E-state index in [0.29, 0.717) is 0 Å². The second-order valence-corrected chi connectivity index (χ2v) is 17.8. The SMILES string of the molecule is Cc1ccc(-n2c3cc(C)sc3c3sc4c5sc6c(sc7c8sc(C)cc8n(-c8ccc(C)cc8)c67)c5sc4c32)cc1. The first-order chi connectivity index (χ1) is 20.4. The van der Waals surface area contributed by atoms with Crippen LogP contribution in [0.5, 0.6) is 0 Å². The Hall–Kier alpha value is -2.98. The van der Waals surface area contributed by atoms with Crippen molar-refractivity contribution < 1.29 is 0 Å². The van der Waals surface area contributed by atoms with Crippen LogP contribution in [0.15, 0.2) is 60.7 Å². The van der Waals surface area contributed by atoms with Crippen molar-refractivity contribution in [3.63, 3.8) is 0 Å². The van der Waals surface area contributed by atoms with Crippen LogP contribution >= 0.6 is 68.0 Å². The van der Waals surface area contributed by atoms with Crippen LogP contribution in [0.25, 0.3) is 80.4 Å². The first kappa shape index (κ1) is 24.5. The zero-order valence-corrected chi connectivity index (χ0v) is 28.0. The lowest BCUT2D eigenvalue weighted by atomic mass is 10.2. The van der Waals surface area contributed by atoms with Crippen LogP contribution in [0.4, 0.5) is 0 Å². The number of nitrogens with zero attached hydrogens (tertiary/aromatic N) is 2. The van der Waals surface area contributed by atoms with Crippen LogP contribution in [0.1, 0.15) is 20.9 Å².